The number of benzene rings is 1. The molecule has 1 atom stereocenters. The van der Waals surface area contributed by atoms with Crippen molar-refractivity contribution in [3.05, 3.63) is 39.9 Å². The summed E-state index contributed by atoms with van der Waals surface area (Å²) in [6.07, 6.45) is -2.92. The van der Waals surface area contributed by atoms with E-state index in [9.17, 15) is 18.9 Å². The van der Waals surface area contributed by atoms with E-state index < -0.39 is 23.8 Å². The van der Waals surface area contributed by atoms with E-state index in [1.165, 1.54) is 24.3 Å². The van der Waals surface area contributed by atoms with Crippen molar-refractivity contribution in [2.24, 2.45) is 5.73 Å². The summed E-state index contributed by atoms with van der Waals surface area (Å²) < 4.78 is 24.0. The maximum atomic E-state index is 12.0. The molecule has 7 heteroatoms. The minimum Gasteiger partial charge on any atom is -0.324 e. The summed E-state index contributed by atoms with van der Waals surface area (Å²) in [6, 6.07) is 4.50. The fraction of sp³-hybridized carbons (Fsp3) is 0.333. The van der Waals surface area contributed by atoms with Gasteiger partial charge in [0.15, 0.2) is 0 Å². The standard InChI is InChI=1S/C9H10F2N2O2.ClH/c10-9(11)5-8(12)6-1-3-7(4-2-6)13(14)15;/h1-4,8-9H,5,12H2;1H/t8-;/m1./s1. The normalized spacial score (nSPS) is 12.0. The molecular weight excluding hydrogens is 242 g/mol. The van der Waals surface area contributed by atoms with Crippen molar-refractivity contribution in [2.45, 2.75) is 18.9 Å². The molecule has 4 nitrogen and oxygen atoms in total. The SMILES string of the molecule is Cl.N[C@H](CC(F)F)c1ccc([N+](=O)[O-])cc1. The molecule has 0 radical (unpaired) electrons. The monoisotopic (exact) mass is 252 g/mol. The summed E-state index contributed by atoms with van der Waals surface area (Å²) in [5.41, 5.74) is 5.86. The summed E-state index contributed by atoms with van der Waals surface area (Å²) in [5, 5.41) is 10.3. The van der Waals surface area contributed by atoms with Crippen molar-refractivity contribution in [1.29, 1.82) is 0 Å². The second-order valence-electron chi connectivity index (χ2n) is 3.08. The van der Waals surface area contributed by atoms with E-state index in [-0.39, 0.29) is 18.1 Å². The zero-order chi connectivity index (χ0) is 11.4. The Morgan fingerprint density at radius 2 is 1.81 bits per heavy atom. The molecule has 1 aromatic carbocycles. The van der Waals surface area contributed by atoms with E-state index in [0.29, 0.717) is 5.56 Å². The van der Waals surface area contributed by atoms with E-state index in [0.717, 1.165) is 0 Å². The van der Waals surface area contributed by atoms with Crippen molar-refractivity contribution in [3.63, 3.8) is 0 Å². The number of nitro benzene ring substituents is 1. The molecule has 0 amide bonds. The minimum absolute atomic E-state index is 0. The molecule has 1 rings (SSSR count). The smallest absolute Gasteiger partial charge is 0.269 e. The second kappa shape index (κ2) is 6.34. The fourth-order valence-electron chi connectivity index (χ4n) is 1.17. The van der Waals surface area contributed by atoms with Gasteiger partial charge in [-0.1, -0.05) is 12.1 Å². The van der Waals surface area contributed by atoms with Gasteiger partial charge >= 0.3 is 0 Å². The van der Waals surface area contributed by atoms with Crippen LogP contribution in [0.25, 0.3) is 0 Å². The predicted molar refractivity (Wildman–Crippen MR) is 57.9 cm³/mol. The molecule has 0 heterocycles. The molecule has 0 aliphatic heterocycles. The van der Waals surface area contributed by atoms with E-state index in [1.807, 2.05) is 0 Å². The van der Waals surface area contributed by atoms with Gasteiger partial charge in [-0.15, -0.1) is 12.4 Å². The summed E-state index contributed by atoms with van der Waals surface area (Å²) >= 11 is 0. The minimum atomic E-state index is -2.48. The van der Waals surface area contributed by atoms with Gasteiger partial charge < -0.3 is 5.73 Å². The number of halogens is 3. The quantitative estimate of drug-likeness (QED) is 0.662. The molecule has 0 fully saturated rings. The van der Waals surface area contributed by atoms with Gasteiger partial charge in [0.05, 0.1) is 4.92 Å². The summed E-state index contributed by atoms with van der Waals surface area (Å²) in [4.78, 5) is 9.76. The van der Waals surface area contributed by atoms with E-state index >= 15 is 0 Å². The number of nitro groups is 1. The number of hydrogen-bond donors (Lipinski definition) is 1. The third-order valence-electron chi connectivity index (χ3n) is 1.96. The molecule has 16 heavy (non-hydrogen) atoms. The molecule has 0 unspecified atom stereocenters. The van der Waals surface area contributed by atoms with Gasteiger partial charge in [-0.2, -0.15) is 0 Å². The first-order valence-electron chi connectivity index (χ1n) is 4.29. The number of nitrogens with zero attached hydrogens (tertiary/aromatic N) is 1. The molecule has 0 bridgehead atoms. The number of non-ortho nitro benzene ring substituents is 1. The average molecular weight is 253 g/mol. The third kappa shape index (κ3) is 4.08. The zero-order valence-corrected chi connectivity index (χ0v) is 8.99. The van der Waals surface area contributed by atoms with Gasteiger partial charge in [0, 0.05) is 24.6 Å². The Bertz CT molecular complexity index is 346. The first kappa shape index (κ1) is 14.7. The first-order valence-corrected chi connectivity index (χ1v) is 4.29. The van der Waals surface area contributed by atoms with Crippen LogP contribution in [0.15, 0.2) is 24.3 Å². The molecule has 0 saturated heterocycles. The van der Waals surface area contributed by atoms with E-state index in [4.69, 9.17) is 5.73 Å². The highest BCUT2D eigenvalue weighted by atomic mass is 35.5. The van der Waals surface area contributed by atoms with Crippen LogP contribution >= 0.6 is 12.4 Å². The molecule has 2 N–H and O–H groups in total. The molecule has 0 spiro atoms. The lowest BCUT2D eigenvalue weighted by molar-refractivity contribution is -0.384. The second-order valence-corrected chi connectivity index (χ2v) is 3.08. The van der Waals surface area contributed by atoms with Crippen molar-refractivity contribution in [2.75, 3.05) is 0 Å². The van der Waals surface area contributed by atoms with Crippen molar-refractivity contribution < 1.29 is 13.7 Å². The molecule has 1 aromatic rings. The van der Waals surface area contributed by atoms with Crippen LogP contribution in [0.4, 0.5) is 14.5 Å². The lowest BCUT2D eigenvalue weighted by atomic mass is 10.0. The molecule has 0 aliphatic rings. The van der Waals surface area contributed by atoms with Gasteiger partial charge in [-0.05, 0) is 5.56 Å². The maximum absolute atomic E-state index is 12.0. The summed E-state index contributed by atoms with van der Waals surface area (Å²) in [6.45, 7) is 0. The third-order valence-corrected chi connectivity index (χ3v) is 1.96. The number of rotatable bonds is 4. The molecule has 90 valence electrons. The number of nitrogens with two attached hydrogens (primary N) is 1. The predicted octanol–water partition coefficient (Wildman–Crippen LogP) is 2.67. The largest absolute Gasteiger partial charge is 0.324 e. The van der Waals surface area contributed by atoms with Gasteiger partial charge in [0.1, 0.15) is 0 Å². The summed E-state index contributed by atoms with van der Waals surface area (Å²) in [7, 11) is 0. The van der Waals surface area contributed by atoms with Crippen LogP contribution in [-0.4, -0.2) is 11.3 Å². The van der Waals surface area contributed by atoms with Crippen LogP contribution in [0.2, 0.25) is 0 Å². The Kier molecular flexibility index (Phi) is 5.84. The summed E-state index contributed by atoms with van der Waals surface area (Å²) in [5.74, 6) is 0. The molecule has 0 aliphatic carbocycles. The van der Waals surface area contributed by atoms with E-state index in [2.05, 4.69) is 0 Å². The molecular formula is C9H11ClF2N2O2. The Morgan fingerprint density at radius 3 is 2.19 bits per heavy atom. The van der Waals surface area contributed by atoms with Gasteiger partial charge in [-0.3, -0.25) is 10.1 Å². The Morgan fingerprint density at radius 1 is 1.31 bits per heavy atom. The topological polar surface area (TPSA) is 69.2 Å². The highest BCUT2D eigenvalue weighted by Gasteiger charge is 2.13. The van der Waals surface area contributed by atoms with Gasteiger partial charge in [-0.25, -0.2) is 8.78 Å². The van der Waals surface area contributed by atoms with Crippen molar-refractivity contribution in [1.82, 2.24) is 0 Å². The van der Waals surface area contributed by atoms with Crippen LogP contribution < -0.4 is 5.73 Å². The lowest BCUT2D eigenvalue weighted by Gasteiger charge is -2.10. The number of alkyl halides is 2. The van der Waals surface area contributed by atoms with Gasteiger partial charge in [0.25, 0.3) is 5.69 Å². The van der Waals surface area contributed by atoms with Crippen LogP contribution in [0.1, 0.15) is 18.0 Å². The van der Waals surface area contributed by atoms with Crippen LogP contribution in [0.3, 0.4) is 0 Å². The van der Waals surface area contributed by atoms with Crippen LogP contribution in [0, 0.1) is 10.1 Å². The van der Waals surface area contributed by atoms with E-state index in [1.54, 1.807) is 0 Å². The highest BCUT2D eigenvalue weighted by Crippen LogP contribution is 2.20. The van der Waals surface area contributed by atoms with Crippen LogP contribution in [-0.2, 0) is 0 Å². The lowest BCUT2D eigenvalue weighted by Crippen LogP contribution is -2.13. The Labute approximate surface area is 97.0 Å². The van der Waals surface area contributed by atoms with Crippen molar-refractivity contribution >= 4 is 18.1 Å². The fourth-order valence-corrected chi connectivity index (χ4v) is 1.17. The van der Waals surface area contributed by atoms with Gasteiger partial charge in [0.2, 0.25) is 6.43 Å². The first-order chi connectivity index (χ1) is 7.00. The number of hydrogen-bond acceptors (Lipinski definition) is 3. The Hall–Kier alpha value is -1.27. The van der Waals surface area contributed by atoms with Crippen molar-refractivity contribution in [3.8, 4) is 0 Å². The van der Waals surface area contributed by atoms with Crippen LogP contribution in [0.5, 0.6) is 0 Å². The molecule has 0 aromatic heterocycles. The maximum Gasteiger partial charge on any atom is 0.269 e. The Balaban J connectivity index is 0.00000225. The zero-order valence-electron chi connectivity index (χ0n) is 8.18. The molecule has 0 saturated carbocycles. The highest BCUT2D eigenvalue weighted by molar-refractivity contribution is 5.85. The average Bonchev–Trinajstić information content (AvgIpc) is 2.17.